The smallest absolute Gasteiger partial charge is 0.155 e. The zero-order chi connectivity index (χ0) is 18.6. The molecule has 1 aliphatic carbocycles. The van der Waals surface area contributed by atoms with Crippen LogP contribution < -0.4 is 0 Å². The summed E-state index contributed by atoms with van der Waals surface area (Å²) >= 11 is 0. The first-order valence-corrected chi connectivity index (χ1v) is 9.87. The van der Waals surface area contributed by atoms with Crippen molar-refractivity contribution in [3.63, 3.8) is 0 Å². The van der Waals surface area contributed by atoms with Crippen LogP contribution in [0.4, 0.5) is 0 Å². The summed E-state index contributed by atoms with van der Waals surface area (Å²) in [5.41, 5.74) is 4.91. The van der Waals surface area contributed by atoms with Gasteiger partial charge in [-0.3, -0.25) is 4.99 Å². The highest BCUT2D eigenvalue weighted by Crippen LogP contribution is 2.34. The summed E-state index contributed by atoms with van der Waals surface area (Å²) in [5, 5.41) is 0. The molecule has 0 fully saturated rings. The standard InChI is InChI=1S/C25H26N2/c1-3-22-23(19-12-6-4-7-13-19)26-25(20-14-8-5-9-15-20)27-24(22)21-16-10-11-18(2)17-21/h4-16,21-22,24H,3,17H2,1-2H3. The molecule has 136 valence electrons. The molecule has 0 amide bonds. The van der Waals surface area contributed by atoms with Gasteiger partial charge in [0.25, 0.3) is 0 Å². The van der Waals surface area contributed by atoms with Crippen LogP contribution in [-0.2, 0) is 0 Å². The topological polar surface area (TPSA) is 24.7 Å². The van der Waals surface area contributed by atoms with Crippen LogP contribution in [0.1, 0.15) is 37.8 Å². The Morgan fingerprint density at radius 2 is 1.59 bits per heavy atom. The predicted octanol–water partition coefficient (Wildman–Crippen LogP) is 5.85. The van der Waals surface area contributed by atoms with E-state index in [1.165, 1.54) is 16.8 Å². The minimum absolute atomic E-state index is 0.220. The molecule has 2 aromatic carbocycles. The Bertz CT molecular complexity index is 904. The maximum absolute atomic E-state index is 5.19. The van der Waals surface area contributed by atoms with Crippen LogP contribution in [0.15, 0.2) is 94.4 Å². The van der Waals surface area contributed by atoms with Crippen LogP contribution in [0.25, 0.3) is 0 Å². The molecule has 2 heteroatoms. The van der Waals surface area contributed by atoms with Gasteiger partial charge in [-0.1, -0.05) is 91.4 Å². The summed E-state index contributed by atoms with van der Waals surface area (Å²) in [6.45, 7) is 4.47. The quantitative estimate of drug-likeness (QED) is 0.657. The normalized spacial score (nSPS) is 24.8. The van der Waals surface area contributed by atoms with Crippen molar-refractivity contribution in [3.05, 3.63) is 95.6 Å². The van der Waals surface area contributed by atoms with E-state index >= 15 is 0 Å². The highest BCUT2D eigenvalue weighted by atomic mass is 15.0. The monoisotopic (exact) mass is 354 g/mol. The molecule has 2 nitrogen and oxygen atoms in total. The summed E-state index contributed by atoms with van der Waals surface area (Å²) in [7, 11) is 0. The second-order valence-corrected chi connectivity index (χ2v) is 7.45. The summed E-state index contributed by atoms with van der Waals surface area (Å²) in [6.07, 6.45) is 8.86. The number of rotatable bonds is 4. The highest BCUT2D eigenvalue weighted by Gasteiger charge is 2.35. The van der Waals surface area contributed by atoms with Crippen molar-refractivity contribution in [2.75, 3.05) is 0 Å². The zero-order valence-corrected chi connectivity index (χ0v) is 16.0. The number of benzene rings is 2. The van der Waals surface area contributed by atoms with Gasteiger partial charge in [-0.15, -0.1) is 0 Å². The minimum Gasteiger partial charge on any atom is -0.262 e. The van der Waals surface area contributed by atoms with Crippen LogP contribution >= 0.6 is 0 Å². The molecule has 0 N–H and O–H groups in total. The average molecular weight is 354 g/mol. The summed E-state index contributed by atoms with van der Waals surface area (Å²) in [4.78, 5) is 10.3. The lowest BCUT2D eigenvalue weighted by Crippen LogP contribution is -2.37. The number of aliphatic imine (C=N–C) groups is 2. The van der Waals surface area contributed by atoms with Gasteiger partial charge >= 0.3 is 0 Å². The van der Waals surface area contributed by atoms with E-state index in [0.29, 0.717) is 11.8 Å². The van der Waals surface area contributed by atoms with Gasteiger partial charge in [-0.05, 0) is 25.3 Å². The Balaban J connectivity index is 1.80. The Morgan fingerprint density at radius 3 is 2.22 bits per heavy atom. The van der Waals surface area contributed by atoms with Crippen LogP contribution in [0.5, 0.6) is 0 Å². The lowest BCUT2D eigenvalue weighted by Gasteiger charge is -2.34. The van der Waals surface area contributed by atoms with Crippen LogP contribution in [-0.4, -0.2) is 17.6 Å². The molecule has 0 spiro atoms. The maximum Gasteiger partial charge on any atom is 0.155 e. The van der Waals surface area contributed by atoms with Crippen molar-refractivity contribution in [2.45, 2.75) is 32.7 Å². The van der Waals surface area contributed by atoms with Gasteiger partial charge in [0.1, 0.15) is 0 Å². The Labute approximate surface area is 162 Å². The first-order valence-electron chi connectivity index (χ1n) is 9.87. The first kappa shape index (κ1) is 17.7. The van der Waals surface area contributed by atoms with Crippen LogP contribution in [0.2, 0.25) is 0 Å². The molecular formula is C25H26N2. The Kier molecular flexibility index (Phi) is 5.15. The molecule has 27 heavy (non-hydrogen) atoms. The van der Waals surface area contributed by atoms with Gasteiger partial charge in [0.2, 0.25) is 0 Å². The van der Waals surface area contributed by atoms with E-state index in [2.05, 4.69) is 86.7 Å². The molecule has 3 unspecified atom stereocenters. The largest absolute Gasteiger partial charge is 0.262 e. The molecule has 0 bridgehead atoms. The van der Waals surface area contributed by atoms with Crippen molar-refractivity contribution in [1.82, 2.24) is 0 Å². The number of amidine groups is 1. The highest BCUT2D eigenvalue weighted by molar-refractivity contribution is 6.15. The number of hydrogen-bond acceptors (Lipinski definition) is 2. The molecule has 3 atom stereocenters. The van der Waals surface area contributed by atoms with Gasteiger partial charge in [-0.25, -0.2) is 4.99 Å². The van der Waals surface area contributed by atoms with Gasteiger partial charge in [0.15, 0.2) is 5.84 Å². The van der Waals surface area contributed by atoms with Crippen molar-refractivity contribution >= 4 is 11.5 Å². The van der Waals surface area contributed by atoms with E-state index in [1.54, 1.807) is 0 Å². The first-order chi connectivity index (χ1) is 13.3. The second kappa shape index (κ2) is 7.87. The van der Waals surface area contributed by atoms with Gasteiger partial charge in [-0.2, -0.15) is 0 Å². The van der Waals surface area contributed by atoms with Gasteiger partial charge in [0.05, 0.1) is 11.8 Å². The number of allylic oxidation sites excluding steroid dienone is 3. The molecule has 0 radical (unpaired) electrons. The molecule has 2 aliphatic rings. The fraction of sp³-hybridized carbons (Fsp3) is 0.280. The van der Waals surface area contributed by atoms with E-state index in [1.807, 2.05) is 6.07 Å². The average Bonchev–Trinajstić information content (AvgIpc) is 2.74. The van der Waals surface area contributed by atoms with Crippen molar-refractivity contribution in [1.29, 1.82) is 0 Å². The molecule has 4 rings (SSSR count). The van der Waals surface area contributed by atoms with E-state index in [-0.39, 0.29) is 6.04 Å². The lowest BCUT2D eigenvalue weighted by atomic mass is 9.77. The number of hydrogen-bond donors (Lipinski definition) is 0. The van der Waals surface area contributed by atoms with E-state index < -0.39 is 0 Å². The SMILES string of the molecule is CCC1C(c2ccccc2)=NC(c2ccccc2)=NC1C1C=CC=C(C)C1. The second-order valence-electron chi connectivity index (χ2n) is 7.45. The zero-order valence-electron chi connectivity index (χ0n) is 16.0. The van der Waals surface area contributed by atoms with Crippen molar-refractivity contribution in [2.24, 2.45) is 21.8 Å². The summed E-state index contributed by atoms with van der Waals surface area (Å²) in [5.74, 6) is 1.62. The predicted molar refractivity (Wildman–Crippen MR) is 115 cm³/mol. The van der Waals surface area contributed by atoms with Crippen molar-refractivity contribution in [3.8, 4) is 0 Å². The van der Waals surface area contributed by atoms with E-state index in [4.69, 9.17) is 9.98 Å². The number of nitrogens with zero attached hydrogens (tertiary/aromatic N) is 2. The van der Waals surface area contributed by atoms with Gasteiger partial charge < -0.3 is 0 Å². The summed E-state index contributed by atoms with van der Waals surface area (Å²) in [6, 6.07) is 21.2. The molecule has 0 saturated carbocycles. The molecule has 0 aromatic heterocycles. The molecule has 1 heterocycles. The molecular weight excluding hydrogens is 328 g/mol. The lowest BCUT2D eigenvalue weighted by molar-refractivity contribution is 0.405. The Hall–Kier alpha value is -2.74. The van der Waals surface area contributed by atoms with E-state index in [0.717, 1.165) is 24.2 Å². The summed E-state index contributed by atoms with van der Waals surface area (Å²) < 4.78 is 0. The van der Waals surface area contributed by atoms with E-state index in [9.17, 15) is 0 Å². The Morgan fingerprint density at radius 1 is 0.926 bits per heavy atom. The minimum atomic E-state index is 0.220. The third kappa shape index (κ3) is 3.71. The maximum atomic E-state index is 5.19. The molecule has 1 aliphatic heterocycles. The van der Waals surface area contributed by atoms with Crippen LogP contribution in [0, 0.1) is 11.8 Å². The third-order valence-electron chi connectivity index (χ3n) is 5.54. The molecule has 2 aromatic rings. The van der Waals surface area contributed by atoms with Crippen LogP contribution in [0.3, 0.4) is 0 Å². The van der Waals surface area contributed by atoms with Gasteiger partial charge in [0, 0.05) is 17.4 Å². The third-order valence-corrected chi connectivity index (χ3v) is 5.54. The molecule has 0 saturated heterocycles. The van der Waals surface area contributed by atoms with Crippen molar-refractivity contribution < 1.29 is 0 Å². The fourth-order valence-electron chi connectivity index (χ4n) is 4.17. The fourth-order valence-corrected chi connectivity index (χ4v) is 4.17.